The van der Waals surface area contributed by atoms with Crippen molar-refractivity contribution in [1.29, 1.82) is 0 Å². The summed E-state index contributed by atoms with van der Waals surface area (Å²) in [5.41, 5.74) is 1.76. The first-order chi connectivity index (χ1) is 12.7. The zero-order valence-corrected chi connectivity index (χ0v) is 15.7. The number of benzene rings is 1. The van der Waals surface area contributed by atoms with E-state index >= 15 is 0 Å². The maximum absolute atomic E-state index is 12.4. The largest absolute Gasteiger partial charge is 0.444 e. The molecule has 0 spiro atoms. The van der Waals surface area contributed by atoms with Gasteiger partial charge in [0.2, 0.25) is 5.89 Å². The highest BCUT2D eigenvalue weighted by atomic mass is 35.5. The van der Waals surface area contributed by atoms with Crippen molar-refractivity contribution in [3.05, 3.63) is 63.6 Å². The van der Waals surface area contributed by atoms with Gasteiger partial charge >= 0.3 is 0 Å². The highest BCUT2D eigenvalue weighted by molar-refractivity contribution is 7.12. The summed E-state index contributed by atoms with van der Waals surface area (Å²) in [6.07, 6.45) is 1.69. The lowest BCUT2D eigenvalue weighted by atomic mass is 10.2. The highest BCUT2D eigenvalue weighted by Crippen LogP contribution is 2.23. The van der Waals surface area contributed by atoms with Crippen LogP contribution in [0.4, 0.5) is 0 Å². The van der Waals surface area contributed by atoms with E-state index in [4.69, 9.17) is 16.0 Å². The Labute approximate surface area is 160 Å². The Morgan fingerprint density at radius 2 is 2.04 bits per heavy atom. The molecular formula is C19H18ClN3O2S. The lowest BCUT2D eigenvalue weighted by Gasteiger charge is -2.34. The van der Waals surface area contributed by atoms with Gasteiger partial charge in [-0.3, -0.25) is 9.69 Å². The molecule has 0 bridgehead atoms. The Morgan fingerprint density at radius 1 is 1.19 bits per heavy atom. The van der Waals surface area contributed by atoms with E-state index in [1.54, 1.807) is 6.26 Å². The molecule has 1 aromatic carbocycles. The van der Waals surface area contributed by atoms with Gasteiger partial charge in [-0.15, -0.1) is 11.3 Å². The normalized spacial score (nSPS) is 15.3. The second kappa shape index (κ2) is 7.61. The van der Waals surface area contributed by atoms with Gasteiger partial charge in [0, 0.05) is 43.3 Å². The van der Waals surface area contributed by atoms with Crippen LogP contribution in [0.25, 0.3) is 11.5 Å². The molecule has 3 aromatic rings. The Bertz CT molecular complexity index is 886. The van der Waals surface area contributed by atoms with Gasteiger partial charge in [0.1, 0.15) is 6.26 Å². The van der Waals surface area contributed by atoms with Crippen LogP contribution in [0.2, 0.25) is 5.02 Å². The average molecular weight is 388 g/mol. The molecule has 5 nitrogen and oxygen atoms in total. The number of halogens is 1. The van der Waals surface area contributed by atoms with Gasteiger partial charge < -0.3 is 9.32 Å². The van der Waals surface area contributed by atoms with Gasteiger partial charge in [-0.1, -0.05) is 23.7 Å². The average Bonchev–Trinajstić information content (AvgIpc) is 3.34. The van der Waals surface area contributed by atoms with Crippen molar-refractivity contribution < 1.29 is 9.21 Å². The Hall–Kier alpha value is -2.15. The highest BCUT2D eigenvalue weighted by Gasteiger charge is 2.23. The summed E-state index contributed by atoms with van der Waals surface area (Å²) in [5.74, 6) is 0.707. The first-order valence-corrected chi connectivity index (χ1v) is 9.70. The number of thiophene rings is 1. The molecule has 3 heterocycles. The fourth-order valence-corrected chi connectivity index (χ4v) is 3.91. The van der Waals surface area contributed by atoms with E-state index in [1.807, 2.05) is 46.7 Å². The topological polar surface area (TPSA) is 49.6 Å². The van der Waals surface area contributed by atoms with Crippen molar-refractivity contribution >= 4 is 28.8 Å². The zero-order chi connectivity index (χ0) is 17.9. The smallest absolute Gasteiger partial charge is 0.264 e. The third kappa shape index (κ3) is 3.82. The minimum atomic E-state index is 0.129. The van der Waals surface area contributed by atoms with E-state index in [0.29, 0.717) is 17.5 Å². The van der Waals surface area contributed by atoms with Crippen LogP contribution in [0.15, 0.2) is 52.5 Å². The summed E-state index contributed by atoms with van der Waals surface area (Å²) in [6.45, 7) is 3.84. The van der Waals surface area contributed by atoms with Crippen LogP contribution in [0, 0.1) is 0 Å². The van der Waals surface area contributed by atoms with Gasteiger partial charge in [-0.25, -0.2) is 4.98 Å². The number of amides is 1. The summed E-state index contributed by atoms with van der Waals surface area (Å²) < 4.78 is 5.60. The Balaban J connectivity index is 1.34. The quantitative estimate of drug-likeness (QED) is 0.678. The second-order valence-corrected chi connectivity index (χ2v) is 7.58. The van der Waals surface area contributed by atoms with Crippen molar-refractivity contribution in [1.82, 2.24) is 14.8 Å². The van der Waals surface area contributed by atoms with Gasteiger partial charge in [0.05, 0.1) is 10.6 Å². The van der Waals surface area contributed by atoms with Crippen LogP contribution in [0.1, 0.15) is 15.4 Å². The number of oxazole rings is 1. The van der Waals surface area contributed by atoms with Gasteiger partial charge in [0.15, 0.2) is 0 Å². The van der Waals surface area contributed by atoms with Crippen LogP contribution < -0.4 is 0 Å². The molecule has 0 aliphatic carbocycles. The van der Waals surface area contributed by atoms with E-state index in [2.05, 4.69) is 9.88 Å². The molecule has 1 aliphatic rings. The zero-order valence-electron chi connectivity index (χ0n) is 14.1. The number of nitrogens with zero attached hydrogens (tertiary/aromatic N) is 3. The molecule has 134 valence electrons. The lowest BCUT2D eigenvalue weighted by molar-refractivity contribution is 0.0631. The van der Waals surface area contributed by atoms with E-state index < -0.39 is 0 Å². The van der Waals surface area contributed by atoms with Crippen molar-refractivity contribution in [3.8, 4) is 11.5 Å². The fraction of sp³-hybridized carbons (Fsp3) is 0.263. The maximum atomic E-state index is 12.4. The number of rotatable bonds is 4. The Kier molecular flexibility index (Phi) is 5.06. The summed E-state index contributed by atoms with van der Waals surface area (Å²) in [6, 6.07) is 11.3. The first-order valence-electron chi connectivity index (χ1n) is 8.44. The molecule has 1 fully saturated rings. The number of aromatic nitrogens is 1. The van der Waals surface area contributed by atoms with Crippen molar-refractivity contribution in [2.24, 2.45) is 0 Å². The van der Waals surface area contributed by atoms with E-state index in [-0.39, 0.29) is 5.91 Å². The second-order valence-electron chi connectivity index (χ2n) is 6.20. The molecule has 0 saturated carbocycles. The molecule has 2 aromatic heterocycles. The summed E-state index contributed by atoms with van der Waals surface area (Å²) in [4.78, 5) is 22.0. The van der Waals surface area contributed by atoms with Crippen LogP contribution in [0.5, 0.6) is 0 Å². The number of piperazine rings is 1. The molecule has 0 N–H and O–H groups in total. The first kappa shape index (κ1) is 17.3. The Morgan fingerprint density at radius 3 is 2.77 bits per heavy atom. The van der Waals surface area contributed by atoms with Crippen LogP contribution in [-0.2, 0) is 6.54 Å². The van der Waals surface area contributed by atoms with Crippen molar-refractivity contribution in [3.63, 3.8) is 0 Å². The monoisotopic (exact) mass is 387 g/mol. The molecule has 1 saturated heterocycles. The van der Waals surface area contributed by atoms with Crippen LogP contribution >= 0.6 is 22.9 Å². The van der Waals surface area contributed by atoms with Crippen molar-refractivity contribution in [2.75, 3.05) is 26.2 Å². The molecule has 0 atom stereocenters. The standard InChI is InChI=1S/C19H18ClN3O2S/c20-15-4-1-3-14(11-15)18-21-16(13-25-18)12-22-6-8-23(9-7-22)19(24)17-5-2-10-26-17/h1-5,10-11,13H,6-9,12H2. The predicted octanol–water partition coefficient (Wildman–Crippen LogP) is 4.01. The molecule has 0 unspecified atom stereocenters. The van der Waals surface area contributed by atoms with Crippen LogP contribution in [-0.4, -0.2) is 46.9 Å². The summed E-state index contributed by atoms with van der Waals surface area (Å²) in [5, 5.41) is 2.60. The lowest BCUT2D eigenvalue weighted by Crippen LogP contribution is -2.48. The minimum absolute atomic E-state index is 0.129. The summed E-state index contributed by atoms with van der Waals surface area (Å²) >= 11 is 7.52. The molecule has 26 heavy (non-hydrogen) atoms. The third-order valence-electron chi connectivity index (χ3n) is 4.40. The fourth-order valence-electron chi connectivity index (χ4n) is 3.03. The predicted molar refractivity (Wildman–Crippen MR) is 102 cm³/mol. The SMILES string of the molecule is O=C(c1cccs1)N1CCN(Cc2coc(-c3cccc(Cl)c3)n2)CC1. The molecule has 4 rings (SSSR count). The molecule has 0 radical (unpaired) electrons. The van der Waals surface area contributed by atoms with E-state index in [9.17, 15) is 4.79 Å². The third-order valence-corrected chi connectivity index (χ3v) is 5.49. The number of hydrogen-bond acceptors (Lipinski definition) is 5. The molecule has 7 heteroatoms. The van der Waals surface area contributed by atoms with E-state index in [1.165, 1.54) is 11.3 Å². The molecule has 1 amide bonds. The van der Waals surface area contributed by atoms with Crippen molar-refractivity contribution in [2.45, 2.75) is 6.54 Å². The molecular weight excluding hydrogens is 370 g/mol. The number of carbonyl (C=O) groups excluding carboxylic acids is 1. The number of hydrogen-bond donors (Lipinski definition) is 0. The van der Waals surface area contributed by atoms with Gasteiger partial charge in [-0.05, 0) is 29.6 Å². The van der Waals surface area contributed by atoms with Gasteiger partial charge in [-0.2, -0.15) is 0 Å². The summed E-state index contributed by atoms with van der Waals surface area (Å²) in [7, 11) is 0. The van der Waals surface area contributed by atoms with E-state index in [0.717, 1.165) is 42.3 Å². The van der Waals surface area contributed by atoms with Crippen LogP contribution in [0.3, 0.4) is 0 Å². The molecule has 1 aliphatic heterocycles. The maximum Gasteiger partial charge on any atom is 0.264 e. The number of carbonyl (C=O) groups is 1. The minimum Gasteiger partial charge on any atom is -0.444 e. The van der Waals surface area contributed by atoms with Gasteiger partial charge in [0.25, 0.3) is 5.91 Å².